The number of carbonyl (C=O) groups is 1. The zero-order chi connectivity index (χ0) is 13.4. The molecule has 0 aliphatic rings. The normalized spacial score (nSPS) is 16.1. The predicted octanol–water partition coefficient (Wildman–Crippen LogP) is 3.07. The van der Waals surface area contributed by atoms with Crippen molar-refractivity contribution >= 4 is 18.4 Å². The van der Waals surface area contributed by atoms with E-state index < -0.39 is 0 Å². The molecule has 0 aliphatic heterocycles. The highest BCUT2D eigenvalue weighted by Crippen LogP contribution is 2.27. The molecule has 0 saturated heterocycles. The Kier molecular flexibility index (Phi) is 4.69. The summed E-state index contributed by atoms with van der Waals surface area (Å²) in [4.78, 5) is 12.4. The summed E-state index contributed by atoms with van der Waals surface area (Å²) in [6.07, 6.45) is 0. The number of thiol groups is 1. The highest BCUT2D eigenvalue weighted by molar-refractivity contribution is 7.81. The lowest BCUT2D eigenvalue weighted by Crippen LogP contribution is -2.58. The smallest absolute Gasteiger partial charge is 0.156 e. The molecule has 0 amide bonds. The van der Waals surface area contributed by atoms with Gasteiger partial charge in [-0.15, -0.1) is 0 Å². The highest BCUT2D eigenvalue weighted by Gasteiger charge is 2.39. The predicted molar refractivity (Wildman–Crippen MR) is 74.2 cm³/mol. The molecule has 1 atom stereocenters. The number of hydrogen-bond acceptors (Lipinski definition) is 3. The van der Waals surface area contributed by atoms with Gasteiger partial charge in [0.1, 0.15) is 0 Å². The summed E-state index contributed by atoms with van der Waals surface area (Å²) in [5, 5.41) is 3.38. The summed E-state index contributed by atoms with van der Waals surface area (Å²) in [6, 6.07) is -0.240. The fraction of sp³-hybridized carbons (Fsp3) is 0.923. The summed E-state index contributed by atoms with van der Waals surface area (Å²) in [6.45, 7) is 16.0. The van der Waals surface area contributed by atoms with Crippen LogP contribution in [0.5, 0.6) is 0 Å². The molecule has 0 radical (unpaired) electrons. The van der Waals surface area contributed by atoms with Gasteiger partial charge in [-0.2, -0.15) is 12.6 Å². The van der Waals surface area contributed by atoms with Crippen molar-refractivity contribution in [3.05, 3.63) is 0 Å². The molecule has 2 nitrogen and oxygen atoms in total. The van der Waals surface area contributed by atoms with E-state index in [0.29, 0.717) is 0 Å². The Morgan fingerprint density at radius 2 is 1.38 bits per heavy atom. The summed E-state index contributed by atoms with van der Waals surface area (Å²) >= 11 is 4.55. The number of Topliss-reactive ketones (excluding diaryl/α,β-unsaturated/α-hetero) is 1. The van der Waals surface area contributed by atoms with Crippen molar-refractivity contribution in [3.8, 4) is 0 Å². The van der Waals surface area contributed by atoms with Crippen molar-refractivity contribution in [2.24, 2.45) is 5.41 Å². The molecule has 0 bridgehead atoms. The Morgan fingerprint density at radius 3 is 1.56 bits per heavy atom. The quantitative estimate of drug-likeness (QED) is 0.748. The van der Waals surface area contributed by atoms with Crippen LogP contribution in [0.4, 0.5) is 0 Å². The summed E-state index contributed by atoms with van der Waals surface area (Å²) in [5.74, 6) is 0.211. The number of carbonyl (C=O) groups excluding carboxylic acids is 1. The molecular weight excluding hydrogens is 218 g/mol. The number of nitrogens with one attached hydrogen (secondary N) is 1. The van der Waals surface area contributed by atoms with Gasteiger partial charge in [0.2, 0.25) is 0 Å². The minimum Gasteiger partial charge on any atom is -0.302 e. The molecule has 0 aromatic carbocycles. The first-order chi connectivity index (χ1) is 6.75. The lowest BCUT2D eigenvalue weighted by molar-refractivity contribution is -0.129. The van der Waals surface area contributed by atoms with Crippen LogP contribution in [0.15, 0.2) is 0 Å². The zero-order valence-corrected chi connectivity index (χ0v) is 12.8. The van der Waals surface area contributed by atoms with E-state index in [4.69, 9.17) is 0 Å². The summed E-state index contributed by atoms with van der Waals surface area (Å²) in [7, 11) is 0. The molecule has 1 N–H and O–H groups in total. The number of rotatable bonds is 3. The average molecular weight is 245 g/mol. The minimum absolute atomic E-state index is 0.0917. The maximum absolute atomic E-state index is 12.4. The molecule has 0 unspecified atom stereocenters. The maximum atomic E-state index is 12.4. The first kappa shape index (κ1) is 16.0. The van der Waals surface area contributed by atoms with Crippen molar-refractivity contribution in [1.29, 1.82) is 0 Å². The number of hydrogen-bond donors (Lipinski definition) is 2. The summed E-state index contributed by atoms with van der Waals surface area (Å²) in [5.41, 5.74) is -0.436. The standard InChI is InChI=1S/C13H27NOS/c1-11(2,3)10(15)9(13(7,8)16)14-12(4,5)6/h9,14,16H,1-8H3/t9-/m1/s1. The van der Waals surface area contributed by atoms with Gasteiger partial charge in [-0.1, -0.05) is 20.8 Å². The first-order valence-corrected chi connectivity index (χ1v) is 6.24. The van der Waals surface area contributed by atoms with Crippen LogP contribution in [0.2, 0.25) is 0 Å². The van der Waals surface area contributed by atoms with E-state index in [1.165, 1.54) is 0 Å². The van der Waals surface area contributed by atoms with Gasteiger partial charge in [-0.05, 0) is 34.6 Å². The third kappa shape index (κ3) is 5.35. The number of ketones is 1. The molecule has 0 saturated carbocycles. The Labute approximate surface area is 106 Å². The van der Waals surface area contributed by atoms with Crippen molar-refractivity contribution < 1.29 is 4.79 Å². The fourth-order valence-electron chi connectivity index (χ4n) is 1.43. The monoisotopic (exact) mass is 245 g/mol. The molecule has 0 fully saturated rings. The van der Waals surface area contributed by atoms with Crippen LogP contribution in [0.1, 0.15) is 55.4 Å². The van der Waals surface area contributed by atoms with Gasteiger partial charge >= 0.3 is 0 Å². The topological polar surface area (TPSA) is 29.1 Å². The van der Waals surface area contributed by atoms with Crippen LogP contribution in [-0.2, 0) is 4.79 Å². The second-order valence-electron chi connectivity index (χ2n) is 7.10. The van der Waals surface area contributed by atoms with Crippen LogP contribution in [0, 0.1) is 5.41 Å². The third-order valence-electron chi connectivity index (χ3n) is 2.29. The van der Waals surface area contributed by atoms with E-state index in [9.17, 15) is 4.79 Å². The van der Waals surface area contributed by atoms with Gasteiger partial charge in [-0.3, -0.25) is 4.79 Å². The first-order valence-electron chi connectivity index (χ1n) is 5.79. The molecule has 0 spiro atoms. The van der Waals surface area contributed by atoms with Gasteiger partial charge < -0.3 is 5.32 Å². The van der Waals surface area contributed by atoms with E-state index in [1.54, 1.807) is 0 Å². The molecule has 0 aliphatic carbocycles. The lowest BCUT2D eigenvalue weighted by Gasteiger charge is -2.38. The Hall–Kier alpha value is -0.0200. The molecular formula is C13H27NOS. The Morgan fingerprint density at radius 1 is 1.00 bits per heavy atom. The van der Waals surface area contributed by atoms with Crippen LogP contribution in [0.3, 0.4) is 0 Å². The van der Waals surface area contributed by atoms with Gasteiger partial charge in [0, 0.05) is 15.7 Å². The van der Waals surface area contributed by atoms with E-state index in [2.05, 4.69) is 38.7 Å². The SMILES string of the molecule is CC(C)(C)N[C@H](C(=O)C(C)(C)C)C(C)(C)S. The van der Waals surface area contributed by atoms with E-state index in [1.807, 2.05) is 34.6 Å². The van der Waals surface area contributed by atoms with Crippen molar-refractivity contribution in [3.63, 3.8) is 0 Å². The van der Waals surface area contributed by atoms with Gasteiger partial charge in [-0.25, -0.2) is 0 Å². The molecule has 0 aromatic heterocycles. The van der Waals surface area contributed by atoms with Crippen LogP contribution in [0.25, 0.3) is 0 Å². The van der Waals surface area contributed by atoms with Crippen molar-refractivity contribution in [1.82, 2.24) is 5.32 Å². The maximum Gasteiger partial charge on any atom is 0.156 e. The highest BCUT2D eigenvalue weighted by atomic mass is 32.1. The Bertz CT molecular complexity index is 253. The molecule has 3 heteroatoms. The lowest BCUT2D eigenvalue weighted by atomic mass is 9.81. The fourth-order valence-corrected chi connectivity index (χ4v) is 1.61. The van der Waals surface area contributed by atoms with Gasteiger partial charge in [0.15, 0.2) is 5.78 Å². The van der Waals surface area contributed by atoms with Crippen LogP contribution < -0.4 is 5.32 Å². The average Bonchev–Trinajstić information content (AvgIpc) is 1.93. The largest absolute Gasteiger partial charge is 0.302 e. The Balaban J connectivity index is 5.06. The van der Waals surface area contributed by atoms with Gasteiger partial charge in [0.05, 0.1) is 6.04 Å². The molecule has 0 aromatic rings. The van der Waals surface area contributed by atoms with Crippen LogP contribution >= 0.6 is 12.6 Å². The molecule has 0 rings (SSSR count). The van der Waals surface area contributed by atoms with E-state index in [-0.39, 0.29) is 27.5 Å². The molecule has 0 heterocycles. The second-order valence-corrected chi connectivity index (χ2v) is 8.25. The van der Waals surface area contributed by atoms with Crippen LogP contribution in [-0.4, -0.2) is 22.1 Å². The minimum atomic E-state index is -0.363. The molecule has 96 valence electrons. The zero-order valence-electron chi connectivity index (χ0n) is 11.9. The van der Waals surface area contributed by atoms with E-state index in [0.717, 1.165) is 0 Å². The third-order valence-corrected chi connectivity index (χ3v) is 2.54. The molecule has 16 heavy (non-hydrogen) atoms. The van der Waals surface area contributed by atoms with Gasteiger partial charge in [0.25, 0.3) is 0 Å². The van der Waals surface area contributed by atoms with Crippen molar-refractivity contribution in [2.75, 3.05) is 0 Å². The van der Waals surface area contributed by atoms with E-state index >= 15 is 0 Å². The second kappa shape index (κ2) is 4.69. The summed E-state index contributed by atoms with van der Waals surface area (Å²) < 4.78 is -0.363. The van der Waals surface area contributed by atoms with Crippen molar-refractivity contribution in [2.45, 2.75) is 71.7 Å².